The zero-order chi connectivity index (χ0) is 23.9. The van der Waals surface area contributed by atoms with E-state index in [-0.39, 0.29) is 30.2 Å². The minimum absolute atomic E-state index is 0.0737. The molecule has 1 aromatic heterocycles. The number of carbonyl (C=O) groups excluding carboxylic acids is 1. The molecule has 3 atom stereocenters. The summed E-state index contributed by atoms with van der Waals surface area (Å²) in [5.41, 5.74) is 7.58. The summed E-state index contributed by atoms with van der Waals surface area (Å²) in [6.07, 6.45) is -0.349. The van der Waals surface area contributed by atoms with Crippen molar-refractivity contribution in [3.63, 3.8) is 0 Å². The van der Waals surface area contributed by atoms with Gasteiger partial charge in [-0.2, -0.15) is 14.2 Å². The molecular weight excluding hydrogens is 446 g/mol. The molecule has 33 heavy (non-hydrogen) atoms. The summed E-state index contributed by atoms with van der Waals surface area (Å²) in [4.78, 5) is 18.3. The van der Waals surface area contributed by atoms with Gasteiger partial charge in [0.15, 0.2) is 6.61 Å². The number of fused-ring (bicyclic) bond motifs is 3. The van der Waals surface area contributed by atoms with Crippen molar-refractivity contribution in [2.45, 2.75) is 64.5 Å². The van der Waals surface area contributed by atoms with E-state index in [4.69, 9.17) is 9.47 Å². The van der Waals surface area contributed by atoms with Crippen molar-refractivity contribution < 1.29 is 37.3 Å². The fraction of sp³-hybridized carbons (Fsp3) is 0.524. The van der Waals surface area contributed by atoms with Crippen LogP contribution < -0.4 is 16.2 Å². The molecule has 0 saturated carbocycles. The van der Waals surface area contributed by atoms with Crippen LogP contribution >= 0.6 is 0 Å². The van der Waals surface area contributed by atoms with Gasteiger partial charge >= 0.3 is 18.2 Å². The van der Waals surface area contributed by atoms with Crippen LogP contribution in [0.4, 0.5) is 23.4 Å². The predicted octanol–water partition coefficient (Wildman–Crippen LogP) is 2.15. The molecule has 0 radical (unpaired) electrons. The number of pyridine rings is 1. The molecule has 3 unspecified atom stereocenters. The van der Waals surface area contributed by atoms with Crippen LogP contribution in [-0.4, -0.2) is 47.0 Å². The summed E-state index contributed by atoms with van der Waals surface area (Å²) >= 11 is 0. The lowest BCUT2D eigenvalue weighted by atomic mass is 9.98. The number of amides is 1. The minimum Gasteiger partial charge on any atom is -0.444 e. The topological polar surface area (TPSA) is 95.6 Å². The third-order valence-corrected chi connectivity index (χ3v) is 5.93. The molecule has 0 bridgehead atoms. The number of nitrogens with one attached hydrogen (secondary N) is 2. The Bertz CT molecular complexity index is 1000. The lowest BCUT2D eigenvalue weighted by molar-refractivity contribution is -0.686. The Hall–Kier alpha value is -2.70. The molecule has 1 aromatic rings. The Morgan fingerprint density at radius 3 is 2.91 bits per heavy atom. The van der Waals surface area contributed by atoms with Crippen LogP contribution in [-0.2, 0) is 20.8 Å². The number of nitrogens with two attached hydrogens (primary N) is 1. The van der Waals surface area contributed by atoms with E-state index in [9.17, 15) is 22.4 Å². The van der Waals surface area contributed by atoms with E-state index in [1.807, 2.05) is 13.0 Å². The SMILES string of the molecule is CCC(=O)Nc1nccc2c1CN(C(C)C1=CC(C)=C(OCC(F)(F)C(F)F)[NH2+]N1)C1OC21. The van der Waals surface area contributed by atoms with Crippen LogP contribution in [0.2, 0.25) is 0 Å². The van der Waals surface area contributed by atoms with Gasteiger partial charge in [0.1, 0.15) is 18.1 Å². The number of quaternary nitrogens is 1. The van der Waals surface area contributed by atoms with Gasteiger partial charge in [-0.1, -0.05) is 6.92 Å². The van der Waals surface area contributed by atoms with Crippen LogP contribution in [0.25, 0.3) is 0 Å². The highest BCUT2D eigenvalue weighted by atomic mass is 19.3. The van der Waals surface area contributed by atoms with E-state index < -0.39 is 19.0 Å². The smallest absolute Gasteiger partial charge is 0.340 e. The number of carbonyl (C=O) groups is 1. The van der Waals surface area contributed by atoms with Crippen molar-refractivity contribution in [2.75, 3.05) is 11.9 Å². The number of allylic oxidation sites excluding steroid dienone is 2. The Balaban J connectivity index is 1.49. The standard InChI is InChI=1S/C21H25F4N5O3/c1-4-15(31)27-17-13-8-30(19-16(33-19)12(13)5-6-26-17)11(3)14-7-10(2)18(29-28-14)32-9-21(24,25)20(22)23/h5-7,11,16,19-20,28-29H,4,8-9H2,1-3H3,(H,26,27,31)/p+1. The first-order valence-electron chi connectivity index (χ1n) is 10.6. The molecule has 4 rings (SSSR count). The molecule has 1 amide bonds. The Labute approximate surface area is 188 Å². The van der Waals surface area contributed by atoms with Crippen LogP contribution in [0.15, 0.2) is 35.5 Å². The molecule has 180 valence electrons. The normalized spacial score (nSPS) is 23.3. The maximum atomic E-state index is 13.2. The summed E-state index contributed by atoms with van der Waals surface area (Å²) in [5.74, 6) is -3.78. The number of alkyl halides is 4. The second kappa shape index (κ2) is 8.92. The van der Waals surface area contributed by atoms with E-state index in [0.717, 1.165) is 16.8 Å². The van der Waals surface area contributed by atoms with Gasteiger partial charge in [0, 0.05) is 24.7 Å². The van der Waals surface area contributed by atoms with Crippen molar-refractivity contribution in [1.29, 1.82) is 0 Å². The molecule has 4 heterocycles. The van der Waals surface area contributed by atoms with Crippen LogP contribution in [0.1, 0.15) is 44.4 Å². The number of hydrogen-bond acceptors (Lipinski definition) is 6. The Kier molecular flexibility index (Phi) is 6.34. The summed E-state index contributed by atoms with van der Waals surface area (Å²) in [6, 6.07) is 1.72. The molecule has 1 saturated heterocycles. The number of ether oxygens (including phenoxy) is 2. The largest absolute Gasteiger partial charge is 0.444 e. The second-order valence-corrected chi connectivity index (χ2v) is 8.21. The highest BCUT2D eigenvalue weighted by Gasteiger charge is 2.52. The first-order valence-corrected chi connectivity index (χ1v) is 10.6. The summed E-state index contributed by atoms with van der Waals surface area (Å²) in [5, 5.41) is 2.84. The highest BCUT2D eigenvalue weighted by Crippen LogP contribution is 2.49. The minimum atomic E-state index is -4.23. The van der Waals surface area contributed by atoms with E-state index in [1.165, 1.54) is 5.43 Å². The predicted molar refractivity (Wildman–Crippen MR) is 109 cm³/mol. The van der Waals surface area contributed by atoms with Gasteiger partial charge in [0.25, 0.3) is 0 Å². The summed E-state index contributed by atoms with van der Waals surface area (Å²) in [6.45, 7) is 4.45. The average molecular weight is 472 g/mol. The molecular formula is C21H26F4N5O3+. The maximum Gasteiger partial charge on any atom is 0.340 e. The molecule has 1 fully saturated rings. The molecule has 3 aliphatic heterocycles. The number of anilines is 1. The van der Waals surface area contributed by atoms with Gasteiger partial charge in [-0.05, 0) is 31.6 Å². The van der Waals surface area contributed by atoms with Gasteiger partial charge < -0.3 is 14.8 Å². The van der Waals surface area contributed by atoms with E-state index in [2.05, 4.69) is 20.6 Å². The number of hydrogen-bond donors (Lipinski definition) is 3. The molecule has 8 nitrogen and oxygen atoms in total. The third-order valence-electron chi connectivity index (χ3n) is 5.93. The maximum absolute atomic E-state index is 13.2. The van der Waals surface area contributed by atoms with Crippen molar-refractivity contribution >= 4 is 11.7 Å². The molecule has 3 aliphatic rings. The molecule has 0 aromatic carbocycles. The molecule has 12 heteroatoms. The third kappa shape index (κ3) is 4.68. The van der Waals surface area contributed by atoms with Crippen LogP contribution in [0.5, 0.6) is 0 Å². The quantitative estimate of drug-likeness (QED) is 0.305. The van der Waals surface area contributed by atoms with Gasteiger partial charge in [-0.3, -0.25) is 9.69 Å². The number of rotatable bonds is 8. The average Bonchev–Trinajstić information content (AvgIpc) is 3.58. The van der Waals surface area contributed by atoms with Crippen LogP contribution in [0.3, 0.4) is 0 Å². The number of nitrogens with zero attached hydrogens (tertiary/aromatic N) is 2. The van der Waals surface area contributed by atoms with Gasteiger partial charge in [-0.15, -0.1) is 0 Å². The van der Waals surface area contributed by atoms with E-state index in [1.54, 1.807) is 26.1 Å². The molecule has 4 N–H and O–H groups in total. The first-order chi connectivity index (χ1) is 15.6. The Morgan fingerprint density at radius 1 is 1.48 bits per heavy atom. The van der Waals surface area contributed by atoms with Crippen molar-refractivity contribution in [3.8, 4) is 0 Å². The zero-order valence-electron chi connectivity index (χ0n) is 18.4. The second-order valence-electron chi connectivity index (χ2n) is 8.21. The number of halogens is 4. The van der Waals surface area contributed by atoms with Gasteiger partial charge in [0.05, 0.1) is 17.3 Å². The van der Waals surface area contributed by atoms with Crippen molar-refractivity contribution in [3.05, 3.63) is 46.6 Å². The monoisotopic (exact) mass is 472 g/mol. The van der Waals surface area contributed by atoms with E-state index in [0.29, 0.717) is 24.4 Å². The molecule has 0 spiro atoms. The molecule has 0 aliphatic carbocycles. The van der Waals surface area contributed by atoms with Crippen molar-refractivity contribution in [1.82, 2.24) is 15.3 Å². The summed E-state index contributed by atoms with van der Waals surface area (Å²) in [7, 11) is 0. The van der Waals surface area contributed by atoms with Crippen molar-refractivity contribution in [2.24, 2.45) is 0 Å². The lowest BCUT2D eigenvalue weighted by Crippen LogP contribution is -2.93. The fourth-order valence-corrected chi connectivity index (χ4v) is 3.90. The highest BCUT2D eigenvalue weighted by molar-refractivity contribution is 5.90. The van der Waals surface area contributed by atoms with Crippen LogP contribution in [0, 0.1) is 0 Å². The van der Waals surface area contributed by atoms with Gasteiger partial charge in [0.2, 0.25) is 5.91 Å². The number of aromatic nitrogens is 1. The first kappa shape index (κ1) is 23.5. The Morgan fingerprint density at radius 2 is 2.24 bits per heavy atom. The fourth-order valence-electron chi connectivity index (χ4n) is 3.90. The van der Waals surface area contributed by atoms with E-state index >= 15 is 0 Å². The number of epoxide rings is 1. The zero-order valence-corrected chi connectivity index (χ0v) is 18.4. The lowest BCUT2D eigenvalue weighted by Gasteiger charge is -2.33. The van der Waals surface area contributed by atoms with Gasteiger partial charge in [-0.25, -0.2) is 19.2 Å². The summed E-state index contributed by atoms with van der Waals surface area (Å²) < 4.78 is 61.9.